The third kappa shape index (κ3) is 4.39. The number of anilines is 4. The Bertz CT molecular complexity index is 881. The Labute approximate surface area is 152 Å². The highest BCUT2D eigenvalue weighted by Crippen LogP contribution is 2.30. The molecule has 0 amide bonds. The number of rotatable bonds is 5. The van der Waals surface area contributed by atoms with Crippen molar-refractivity contribution < 1.29 is 4.74 Å². The largest absolute Gasteiger partial charge is 0.495 e. The lowest BCUT2D eigenvalue weighted by atomic mass is 10.2. The molecule has 0 saturated carbocycles. The maximum Gasteiger partial charge on any atom is 0.229 e. The summed E-state index contributed by atoms with van der Waals surface area (Å²) in [4.78, 5) is 8.95. The van der Waals surface area contributed by atoms with Gasteiger partial charge in [0.1, 0.15) is 11.6 Å². The summed E-state index contributed by atoms with van der Waals surface area (Å²) >= 11 is 6.07. The van der Waals surface area contributed by atoms with E-state index in [1.807, 2.05) is 37.3 Å². The standard InChI is InChI=1S/C19H19ClN4O/c1-12-4-7-15(8-5-12)22-18-10-13(2)21-19(24-18)23-16-11-14(20)6-9-17(16)25-3/h4-11H,1-3H3,(H2,21,22,23,24). The minimum absolute atomic E-state index is 0.468. The van der Waals surface area contributed by atoms with E-state index in [9.17, 15) is 0 Å². The zero-order valence-corrected chi connectivity index (χ0v) is 15.1. The molecule has 0 saturated heterocycles. The monoisotopic (exact) mass is 354 g/mol. The number of nitrogens with zero attached hydrogens (tertiary/aromatic N) is 2. The lowest BCUT2D eigenvalue weighted by Gasteiger charge is -2.12. The summed E-state index contributed by atoms with van der Waals surface area (Å²) in [6.45, 7) is 3.97. The molecular formula is C19H19ClN4O. The van der Waals surface area contributed by atoms with Crippen molar-refractivity contribution in [3.63, 3.8) is 0 Å². The number of hydrogen-bond acceptors (Lipinski definition) is 5. The Morgan fingerprint density at radius 3 is 2.40 bits per heavy atom. The van der Waals surface area contributed by atoms with Crippen molar-refractivity contribution in [1.29, 1.82) is 0 Å². The van der Waals surface area contributed by atoms with Crippen LogP contribution in [-0.2, 0) is 0 Å². The van der Waals surface area contributed by atoms with Gasteiger partial charge in [0.15, 0.2) is 0 Å². The first-order valence-corrected chi connectivity index (χ1v) is 8.21. The molecule has 2 N–H and O–H groups in total. The Balaban J connectivity index is 1.87. The van der Waals surface area contributed by atoms with Gasteiger partial charge in [0.2, 0.25) is 5.95 Å². The molecule has 0 unspecified atom stereocenters. The van der Waals surface area contributed by atoms with Gasteiger partial charge in [-0.2, -0.15) is 4.98 Å². The van der Waals surface area contributed by atoms with Crippen molar-refractivity contribution >= 4 is 34.7 Å². The molecule has 3 aromatic rings. The Hall–Kier alpha value is -2.79. The van der Waals surface area contributed by atoms with Gasteiger partial charge in [0.25, 0.3) is 0 Å². The summed E-state index contributed by atoms with van der Waals surface area (Å²) < 4.78 is 5.35. The number of ether oxygens (including phenoxy) is 1. The second kappa shape index (κ2) is 7.40. The number of aryl methyl sites for hydroxylation is 2. The molecule has 0 atom stereocenters. The van der Waals surface area contributed by atoms with Crippen molar-refractivity contribution in [3.8, 4) is 5.75 Å². The molecule has 1 aromatic heterocycles. The van der Waals surface area contributed by atoms with Crippen LogP contribution in [0.5, 0.6) is 5.75 Å². The highest BCUT2D eigenvalue weighted by atomic mass is 35.5. The summed E-state index contributed by atoms with van der Waals surface area (Å²) in [6.07, 6.45) is 0. The Morgan fingerprint density at radius 1 is 0.920 bits per heavy atom. The normalized spacial score (nSPS) is 10.4. The van der Waals surface area contributed by atoms with Crippen molar-refractivity contribution in [2.45, 2.75) is 13.8 Å². The molecule has 6 heteroatoms. The van der Waals surface area contributed by atoms with Gasteiger partial charge in [-0.05, 0) is 44.2 Å². The van der Waals surface area contributed by atoms with Gasteiger partial charge in [-0.3, -0.25) is 0 Å². The van der Waals surface area contributed by atoms with Crippen molar-refractivity contribution in [1.82, 2.24) is 9.97 Å². The topological polar surface area (TPSA) is 59.1 Å². The molecule has 0 aliphatic rings. The van der Waals surface area contributed by atoms with Crippen LogP contribution in [-0.4, -0.2) is 17.1 Å². The predicted octanol–water partition coefficient (Wildman–Crippen LogP) is 5.24. The van der Waals surface area contributed by atoms with Gasteiger partial charge in [0, 0.05) is 22.5 Å². The third-order valence-electron chi connectivity index (χ3n) is 3.59. The number of hydrogen-bond donors (Lipinski definition) is 2. The number of nitrogens with one attached hydrogen (secondary N) is 2. The van der Waals surface area contributed by atoms with Gasteiger partial charge >= 0.3 is 0 Å². The summed E-state index contributed by atoms with van der Waals surface area (Å²) in [5.41, 5.74) is 3.73. The van der Waals surface area contributed by atoms with Crippen LogP contribution in [0.2, 0.25) is 5.02 Å². The van der Waals surface area contributed by atoms with Crippen LogP contribution in [0.15, 0.2) is 48.5 Å². The fraction of sp³-hybridized carbons (Fsp3) is 0.158. The Morgan fingerprint density at radius 2 is 1.68 bits per heavy atom. The molecule has 0 spiro atoms. The van der Waals surface area contributed by atoms with Crippen LogP contribution >= 0.6 is 11.6 Å². The molecular weight excluding hydrogens is 336 g/mol. The van der Waals surface area contributed by atoms with E-state index >= 15 is 0 Å². The number of aromatic nitrogens is 2. The van der Waals surface area contributed by atoms with E-state index in [0.29, 0.717) is 28.2 Å². The van der Waals surface area contributed by atoms with Crippen molar-refractivity contribution in [3.05, 3.63) is 64.8 Å². The molecule has 0 bridgehead atoms. The summed E-state index contributed by atoms with van der Waals surface area (Å²) in [7, 11) is 1.61. The third-order valence-corrected chi connectivity index (χ3v) is 3.82. The van der Waals surface area contributed by atoms with E-state index in [1.165, 1.54) is 5.56 Å². The minimum atomic E-state index is 0.468. The summed E-state index contributed by atoms with van der Waals surface area (Å²) in [5, 5.41) is 7.06. The molecule has 2 aromatic carbocycles. The van der Waals surface area contributed by atoms with Gasteiger partial charge in [-0.15, -0.1) is 0 Å². The van der Waals surface area contributed by atoms with Gasteiger partial charge in [-0.25, -0.2) is 4.98 Å². The first-order valence-electron chi connectivity index (χ1n) is 7.83. The van der Waals surface area contributed by atoms with Crippen LogP contribution in [0.25, 0.3) is 0 Å². The van der Waals surface area contributed by atoms with Crippen LogP contribution < -0.4 is 15.4 Å². The quantitative estimate of drug-likeness (QED) is 0.656. The average Bonchev–Trinajstić information content (AvgIpc) is 2.57. The fourth-order valence-corrected chi connectivity index (χ4v) is 2.54. The highest BCUT2D eigenvalue weighted by molar-refractivity contribution is 6.31. The zero-order valence-electron chi connectivity index (χ0n) is 14.3. The molecule has 25 heavy (non-hydrogen) atoms. The molecule has 0 fully saturated rings. The smallest absolute Gasteiger partial charge is 0.229 e. The fourth-order valence-electron chi connectivity index (χ4n) is 2.37. The van der Waals surface area contributed by atoms with Crippen molar-refractivity contribution in [2.75, 3.05) is 17.7 Å². The maximum atomic E-state index is 6.07. The maximum absolute atomic E-state index is 6.07. The minimum Gasteiger partial charge on any atom is -0.495 e. The number of halogens is 1. The van der Waals surface area contributed by atoms with E-state index in [4.69, 9.17) is 16.3 Å². The molecule has 0 radical (unpaired) electrons. The summed E-state index contributed by atoms with van der Waals surface area (Å²) in [5.74, 6) is 1.84. The van der Waals surface area contributed by atoms with E-state index in [1.54, 1.807) is 25.3 Å². The lowest BCUT2D eigenvalue weighted by molar-refractivity contribution is 0.417. The molecule has 0 aliphatic heterocycles. The van der Waals surface area contributed by atoms with Crippen LogP contribution in [0.4, 0.5) is 23.1 Å². The van der Waals surface area contributed by atoms with Gasteiger partial charge in [0.05, 0.1) is 12.8 Å². The summed E-state index contributed by atoms with van der Waals surface area (Å²) in [6, 6.07) is 15.4. The SMILES string of the molecule is COc1ccc(Cl)cc1Nc1nc(C)cc(Nc2ccc(C)cc2)n1. The average molecular weight is 355 g/mol. The number of benzene rings is 2. The van der Waals surface area contributed by atoms with E-state index < -0.39 is 0 Å². The van der Waals surface area contributed by atoms with Gasteiger partial charge < -0.3 is 15.4 Å². The molecule has 128 valence electrons. The Kier molecular flexibility index (Phi) is 5.05. The van der Waals surface area contributed by atoms with Gasteiger partial charge in [-0.1, -0.05) is 29.3 Å². The zero-order chi connectivity index (χ0) is 17.8. The molecule has 0 aliphatic carbocycles. The molecule has 1 heterocycles. The lowest BCUT2D eigenvalue weighted by Crippen LogP contribution is -2.03. The molecule has 3 rings (SSSR count). The van der Waals surface area contributed by atoms with Crippen LogP contribution in [0.3, 0.4) is 0 Å². The van der Waals surface area contributed by atoms with E-state index in [-0.39, 0.29) is 0 Å². The highest BCUT2D eigenvalue weighted by Gasteiger charge is 2.08. The predicted molar refractivity (Wildman–Crippen MR) is 103 cm³/mol. The first kappa shape index (κ1) is 17.0. The van der Waals surface area contributed by atoms with E-state index in [0.717, 1.165) is 11.4 Å². The van der Waals surface area contributed by atoms with Crippen molar-refractivity contribution in [2.24, 2.45) is 0 Å². The second-order valence-electron chi connectivity index (χ2n) is 5.68. The first-order chi connectivity index (χ1) is 12.0. The number of methoxy groups -OCH3 is 1. The molecule has 5 nitrogen and oxygen atoms in total. The van der Waals surface area contributed by atoms with E-state index in [2.05, 4.69) is 27.5 Å². The van der Waals surface area contributed by atoms with Crippen LogP contribution in [0.1, 0.15) is 11.3 Å². The second-order valence-corrected chi connectivity index (χ2v) is 6.12. The van der Waals surface area contributed by atoms with Crippen LogP contribution in [0, 0.1) is 13.8 Å².